The van der Waals surface area contributed by atoms with Crippen molar-refractivity contribution >= 4 is 21.8 Å². The van der Waals surface area contributed by atoms with Gasteiger partial charge in [0.1, 0.15) is 0 Å². The Kier molecular flexibility index (Phi) is 4.40. The Morgan fingerprint density at radius 2 is 2.17 bits per heavy atom. The van der Waals surface area contributed by atoms with Crippen molar-refractivity contribution in [1.29, 1.82) is 0 Å². The molecule has 0 saturated heterocycles. The van der Waals surface area contributed by atoms with E-state index in [-0.39, 0.29) is 17.9 Å². The monoisotopic (exact) mass is 310 g/mol. The molecule has 2 rings (SSSR count). The summed E-state index contributed by atoms with van der Waals surface area (Å²) in [6.45, 7) is 0.645. The number of carbonyl (C=O) groups excluding carboxylic acids is 1. The molecule has 3 nitrogen and oxygen atoms in total. The molecule has 1 fully saturated rings. The number of carbonyl (C=O) groups is 1. The average molecular weight is 311 g/mol. The van der Waals surface area contributed by atoms with E-state index < -0.39 is 0 Å². The summed E-state index contributed by atoms with van der Waals surface area (Å²) < 4.78 is 1.05. The highest BCUT2D eigenvalue weighted by molar-refractivity contribution is 9.10. The molecule has 0 heterocycles. The van der Waals surface area contributed by atoms with E-state index >= 15 is 0 Å². The molecule has 4 heteroatoms. The van der Waals surface area contributed by atoms with Gasteiger partial charge < -0.3 is 10.6 Å². The smallest absolute Gasteiger partial charge is 0.225 e. The van der Waals surface area contributed by atoms with Crippen LogP contribution in [0.2, 0.25) is 0 Å². The van der Waals surface area contributed by atoms with Crippen LogP contribution < -0.4 is 5.73 Å². The minimum Gasteiger partial charge on any atom is -0.341 e. The van der Waals surface area contributed by atoms with Gasteiger partial charge in [0.05, 0.1) is 0 Å². The fourth-order valence-electron chi connectivity index (χ4n) is 2.51. The summed E-state index contributed by atoms with van der Waals surface area (Å²) in [6, 6.07) is 8.21. The highest BCUT2D eigenvalue weighted by Crippen LogP contribution is 2.26. The van der Waals surface area contributed by atoms with Crippen molar-refractivity contribution in [2.75, 3.05) is 7.05 Å². The van der Waals surface area contributed by atoms with Gasteiger partial charge in [-0.3, -0.25) is 4.79 Å². The minimum atomic E-state index is 0.118. The molecule has 0 bridgehead atoms. The zero-order chi connectivity index (χ0) is 13.1. The zero-order valence-corrected chi connectivity index (χ0v) is 12.2. The number of nitrogens with two attached hydrogens (primary N) is 1. The van der Waals surface area contributed by atoms with Crippen LogP contribution in [0.15, 0.2) is 28.7 Å². The Balaban J connectivity index is 1.98. The highest BCUT2D eigenvalue weighted by Gasteiger charge is 2.29. The van der Waals surface area contributed by atoms with Crippen molar-refractivity contribution in [3.8, 4) is 0 Å². The molecule has 0 aliphatic heterocycles. The van der Waals surface area contributed by atoms with Gasteiger partial charge >= 0.3 is 0 Å². The summed E-state index contributed by atoms with van der Waals surface area (Å²) in [6.07, 6.45) is 2.73. The number of amides is 1. The number of benzene rings is 1. The quantitative estimate of drug-likeness (QED) is 0.932. The third-order valence-corrected chi connectivity index (χ3v) is 4.34. The molecule has 0 radical (unpaired) electrons. The van der Waals surface area contributed by atoms with Crippen LogP contribution in [-0.2, 0) is 11.3 Å². The molecule has 2 atom stereocenters. The number of rotatable bonds is 3. The Morgan fingerprint density at radius 1 is 1.44 bits per heavy atom. The fourth-order valence-corrected chi connectivity index (χ4v) is 2.92. The molecule has 1 aromatic rings. The molecular formula is C14H19BrN2O. The lowest BCUT2D eigenvalue weighted by atomic mass is 10.1. The first-order valence-corrected chi connectivity index (χ1v) is 7.11. The van der Waals surface area contributed by atoms with Crippen LogP contribution in [0.25, 0.3) is 0 Å². The molecule has 1 aromatic carbocycles. The molecule has 98 valence electrons. The van der Waals surface area contributed by atoms with Gasteiger partial charge in [-0.05, 0) is 30.9 Å². The van der Waals surface area contributed by atoms with Gasteiger partial charge in [-0.1, -0.05) is 34.1 Å². The first kappa shape index (κ1) is 13.6. The third-order valence-electron chi connectivity index (χ3n) is 3.56. The maximum Gasteiger partial charge on any atom is 0.225 e. The Bertz CT molecular complexity index is 436. The lowest BCUT2D eigenvalue weighted by Gasteiger charge is -2.21. The molecule has 1 amide bonds. The van der Waals surface area contributed by atoms with Crippen molar-refractivity contribution in [2.45, 2.75) is 31.8 Å². The zero-order valence-electron chi connectivity index (χ0n) is 10.6. The van der Waals surface area contributed by atoms with Crippen LogP contribution in [0.1, 0.15) is 24.8 Å². The highest BCUT2D eigenvalue weighted by atomic mass is 79.9. The van der Waals surface area contributed by atoms with E-state index in [4.69, 9.17) is 5.73 Å². The minimum absolute atomic E-state index is 0.118. The van der Waals surface area contributed by atoms with Crippen molar-refractivity contribution in [2.24, 2.45) is 11.7 Å². The summed E-state index contributed by atoms with van der Waals surface area (Å²) in [5.41, 5.74) is 7.00. The second kappa shape index (κ2) is 5.85. The second-order valence-electron chi connectivity index (χ2n) is 5.06. The number of hydrogen-bond acceptors (Lipinski definition) is 2. The molecular weight excluding hydrogens is 292 g/mol. The molecule has 0 spiro atoms. The second-order valence-corrected chi connectivity index (χ2v) is 5.91. The molecule has 18 heavy (non-hydrogen) atoms. The van der Waals surface area contributed by atoms with E-state index in [0.29, 0.717) is 6.54 Å². The van der Waals surface area contributed by atoms with Gasteiger partial charge in [0, 0.05) is 30.0 Å². The topological polar surface area (TPSA) is 46.3 Å². The molecule has 1 aliphatic rings. The Morgan fingerprint density at radius 3 is 2.78 bits per heavy atom. The lowest BCUT2D eigenvalue weighted by Crippen LogP contribution is -2.32. The van der Waals surface area contributed by atoms with Gasteiger partial charge in [0.2, 0.25) is 5.91 Å². The van der Waals surface area contributed by atoms with Crippen LogP contribution in [0.3, 0.4) is 0 Å². The average Bonchev–Trinajstić information content (AvgIpc) is 2.78. The predicted octanol–water partition coefficient (Wildman–Crippen LogP) is 2.53. The largest absolute Gasteiger partial charge is 0.341 e. The number of nitrogens with zero attached hydrogens (tertiary/aromatic N) is 1. The summed E-state index contributed by atoms with van der Waals surface area (Å²) >= 11 is 3.51. The van der Waals surface area contributed by atoms with Gasteiger partial charge in [0.25, 0.3) is 0 Å². The maximum absolute atomic E-state index is 12.3. The van der Waals surface area contributed by atoms with E-state index in [1.54, 1.807) is 0 Å². The van der Waals surface area contributed by atoms with Crippen LogP contribution in [0, 0.1) is 5.92 Å². The number of hydrogen-bond donors (Lipinski definition) is 1. The van der Waals surface area contributed by atoms with E-state index in [9.17, 15) is 4.79 Å². The van der Waals surface area contributed by atoms with Crippen LogP contribution in [0.5, 0.6) is 0 Å². The summed E-state index contributed by atoms with van der Waals surface area (Å²) in [5.74, 6) is 0.339. The molecule has 1 aliphatic carbocycles. The number of halogens is 1. The van der Waals surface area contributed by atoms with E-state index in [1.165, 1.54) is 0 Å². The van der Waals surface area contributed by atoms with Crippen LogP contribution in [-0.4, -0.2) is 23.9 Å². The molecule has 2 N–H and O–H groups in total. The third kappa shape index (κ3) is 3.12. The standard InChI is InChI=1S/C14H19BrN2O/c1-17(9-11-4-2-3-5-13(11)15)14(18)10-6-7-12(16)8-10/h2-5,10,12H,6-9,16H2,1H3/t10-,12-/m1/s1. The SMILES string of the molecule is CN(Cc1ccccc1Br)C(=O)[C@@H]1CC[C@@H](N)C1. The summed E-state index contributed by atoms with van der Waals surface area (Å²) in [4.78, 5) is 14.1. The van der Waals surface area contributed by atoms with Crippen molar-refractivity contribution in [1.82, 2.24) is 4.90 Å². The molecule has 1 saturated carbocycles. The van der Waals surface area contributed by atoms with E-state index in [0.717, 1.165) is 29.3 Å². The maximum atomic E-state index is 12.3. The summed E-state index contributed by atoms with van der Waals surface area (Å²) in [5, 5.41) is 0. The molecule has 0 unspecified atom stereocenters. The first-order valence-electron chi connectivity index (χ1n) is 6.32. The van der Waals surface area contributed by atoms with E-state index in [1.807, 2.05) is 36.2 Å². The molecule has 0 aromatic heterocycles. The van der Waals surface area contributed by atoms with Gasteiger partial charge in [-0.15, -0.1) is 0 Å². The van der Waals surface area contributed by atoms with Crippen LogP contribution >= 0.6 is 15.9 Å². The fraction of sp³-hybridized carbons (Fsp3) is 0.500. The van der Waals surface area contributed by atoms with Crippen molar-refractivity contribution < 1.29 is 4.79 Å². The van der Waals surface area contributed by atoms with E-state index in [2.05, 4.69) is 15.9 Å². The van der Waals surface area contributed by atoms with Crippen molar-refractivity contribution in [3.63, 3.8) is 0 Å². The lowest BCUT2D eigenvalue weighted by molar-refractivity contribution is -0.134. The summed E-state index contributed by atoms with van der Waals surface area (Å²) in [7, 11) is 1.87. The van der Waals surface area contributed by atoms with Gasteiger partial charge in [-0.2, -0.15) is 0 Å². The van der Waals surface area contributed by atoms with Gasteiger partial charge in [-0.25, -0.2) is 0 Å². The van der Waals surface area contributed by atoms with Gasteiger partial charge in [0.15, 0.2) is 0 Å². The predicted molar refractivity (Wildman–Crippen MR) is 75.9 cm³/mol. The Hall–Kier alpha value is -0.870. The van der Waals surface area contributed by atoms with Crippen molar-refractivity contribution in [3.05, 3.63) is 34.3 Å². The van der Waals surface area contributed by atoms with Crippen LogP contribution in [0.4, 0.5) is 0 Å². The Labute approximate surface area is 116 Å². The first-order chi connectivity index (χ1) is 8.58. The normalized spacial score (nSPS) is 23.1.